The van der Waals surface area contributed by atoms with Crippen LogP contribution in [-0.4, -0.2) is 76.9 Å². The number of carbonyl (C=O) groups excluding carboxylic acids is 4. The highest BCUT2D eigenvalue weighted by atomic mass is 19.1. The molecule has 2 aliphatic rings. The van der Waals surface area contributed by atoms with Gasteiger partial charge in [-0.1, -0.05) is 6.07 Å². The second-order valence-corrected chi connectivity index (χ2v) is 9.05. The number of hydrogen-bond acceptors (Lipinski definition) is 9. The number of amides is 2. The number of Topliss-reactive ketones (excluding diaryl/α,β-unsaturated/α-hetero) is 2. The summed E-state index contributed by atoms with van der Waals surface area (Å²) in [5.41, 5.74) is 0.820. The summed E-state index contributed by atoms with van der Waals surface area (Å²) in [7, 11) is 0. The Labute approximate surface area is 223 Å². The van der Waals surface area contributed by atoms with E-state index in [-0.39, 0.29) is 48.2 Å². The number of aromatic nitrogens is 3. The summed E-state index contributed by atoms with van der Waals surface area (Å²) in [6.45, 7) is 6.82. The van der Waals surface area contributed by atoms with E-state index in [1.807, 2.05) is 0 Å². The van der Waals surface area contributed by atoms with Gasteiger partial charge in [-0.15, -0.1) is 0 Å². The number of benzene rings is 1. The molecule has 1 saturated heterocycles. The van der Waals surface area contributed by atoms with E-state index in [4.69, 9.17) is 9.47 Å². The van der Waals surface area contributed by atoms with Gasteiger partial charge in [0.25, 0.3) is 11.8 Å². The number of halogens is 1. The number of carbonyl (C=O) groups is 4. The lowest BCUT2D eigenvalue weighted by Gasteiger charge is -2.17. The molecular formula is C26H29FN6O6. The Kier molecular flexibility index (Phi) is 8.94. The first-order valence-electron chi connectivity index (χ1n) is 12.4. The standard InChI is InChI=1S/C22H20FN5O5.C4H9NO/c1-11(12(2)29)26-22(32)18-7-17(27-20-16(23)9-25-28(18)20)21(31)24-8-13-3-4-19-14(5-13)6-15(30)10-33-19;1-3-6-4-2-5-1/h3-5,7,9,11H,6,8,10H2,1-2H3,(H,24,31)(H,26,32);5H,1-4H2/t11-;/m0./s1. The van der Waals surface area contributed by atoms with Crippen LogP contribution in [0.1, 0.15) is 46.0 Å². The molecule has 3 aromatic rings. The normalized spacial score (nSPS) is 15.3. The molecule has 5 rings (SSSR count). The summed E-state index contributed by atoms with van der Waals surface area (Å²) in [5, 5.41) is 12.1. The Morgan fingerprint density at radius 3 is 2.62 bits per heavy atom. The van der Waals surface area contributed by atoms with Gasteiger partial charge < -0.3 is 25.4 Å². The third kappa shape index (κ3) is 7.00. The fourth-order valence-electron chi connectivity index (χ4n) is 3.82. The molecule has 1 aromatic carbocycles. The van der Waals surface area contributed by atoms with E-state index in [1.165, 1.54) is 19.9 Å². The molecule has 206 valence electrons. The van der Waals surface area contributed by atoms with Crippen molar-refractivity contribution in [1.82, 2.24) is 30.5 Å². The van der Waals surface area contributed by atoms with Crippen LogP contribution in [0.2, 0.25) is 0 Å². The van der Waals surface area contributed by atoms with Gasteiger partial charge in [-0.2, -0.15) is 5.10 Å². The molecule has 4 heterocycles. The first kappa shape index (κ1) is 27.8. The average Bonchev–Trinajstić information content (AvgIpc) is 3.32. The number of hydrogen-bond donors (Lipinski definition) is 3. The predicted molar refractivity (Wildman–Crippen MR) is 136 cm³/mol. The van der Waals surface area contributed by atoms with E-state index >= 15 is 0 Å². The quantitative estimate of drug-likeness (QED) is 0.408. The summed E-state index contributed by atoms with van der Waals surface area (Å²) >= 11 is 0. The fraction of sp³-hybridized carbons (Fsp3) is 0.385. The summed E-state index contributed by atoms with van der Waals surface area (Å²) in [4.78, 5) is 52.5. The first-order valence-corrected chi connectivity index (χ1v) is 12.4. The number of morpholine rings is 1. The van der Waals surface area contributed by atoms with E-state index < -0.39 is 23.7 Å². The molecule has 2 aliphatic heterocycles. The topological polar surface area (TPSA) is 153 Å². The van der Waals surface area contributed by atoms with Crippen molar-refractivity contribution in [2.75, 3.05) is 32.9 Å². The summed E-state index contributed by atoms with van der Waals surface area (Å²) in [5.74, 6) is -1.83. The highest BCUT2D eigenvalue weighted by Crippen LogP contribution is 2.24. The molecular weight excluding hydrogens is 511 g/mol. The predicted octanol–water partition coefficient (Wildman–Crippen LogP) is 0.616. The monoisotopic (exact) mass is 540 g/mol. The smallest absolute Gasteiger partial charge is 0.270 e. The van der Waals surface area contributed by atoms with Gasteiger partial charge >= 0.3 is 0 Å². The van der Waals surface area contributed by atoms with Crippen molar-refractivity contribution >= 4 is 29.0 Å². The van der Waals surface area contributed by atoms with Crippen molar-refractivity contribution in [2.24, 2.45) is 0 Å². The van der Waals surface area contributed by atoms with E-state index in [9.17, 15) is 23.6 Å². The molecule has 39 heavy (non-hydrogen) atoms. The van der Waals surface area contributed by atoms with E-state index in [2.05, 4.69) is 26.0 Å². The number of nitrogens with zero attached hydrogens (tertiary/aromatic N) is 3. The molecule has 1 atom stereocenters. The van der Waals surface area contributed by atoms with Crippen molar-refractivity contribution in [2.45, 2.75) is 32.9 Å². The zero-order chi connectivity index (χ0) is 27.9. The molecule has 1 fully saturated rings. The molecule has 0 radical (unpaired) electrons. The van der Waals surface area contributed by atoms with Crippen molar-refractivity contribution in [3.63, 3.8) is 0 Å². The van der Waals surface area contributed by atoms with Crippen molar-refractivity contribution < 1.29 is 33.0 Å². The van der Waals surface area contributed by atoms with Gasteiger partial charge in [0, 0.05) is 37.7 Å². The molecule has 2 aromatic heterocycles. The Balaban J connectivity index is 0.000000519. The van der Waals surface area contributed by atoms with Crippen LogP contribution in [-0.2, 0) is 27.3 Å². The zero-order valence-electron chi connectivity index (χ0n) is 21.6. The van der Waals surface area contributed by atoms with Crippen LogP contribution in [0.4, 0.5) is 4.39 Å². The fourth-order valence-corrected chi connectivity index (χ4v) is 3.82. The third-order valence-corrected chi connectivity index (χ3v) is 6.05. The maximum absolute atomic E-state index is 14.2. The number of ether oxygens (including phenoxy) is 2. The van der Waals surface area contributed by atoms with Crippen LogP contribution in [0.15, 0.2) is 30.5 Å². The summed E-state index contributed by atoms with van der Waals surface area (Å²) in [6, 6.07) is 5.65. The summed E-state index contributed by atoms with van der Waals surface area (Å²) < 4.78 is 25.5. The van der Waals surface area contributed by atoms with Gasteiger partial charge in [0.05, 0.1) is 25.5 Å². The van der Waals surface area contributed by atoms with Gasteiger partial charge in [-0.25, -0.2) is 13.9 Å². The van der Waals surface area contributed by atoms with Gasteiger partial charge in [0.15, 0.2) is 23.0 Å². The van der Waals surface area contributed by atoms with Gasteiger partial charge in [-0.3, -0.25) is 19.2 Å². The van der Waals surface area contributed by atoms with E-state index in [0.29, 0.717) is 5.75 Å². The van der Waals surface area contributed by atoms with Crippen LogP contribution in [0, 0.1) is 5.82 Å². The van der Waals surface area contributed by atoms with Crippen LogP contribution < -0.4 is 20.7 Å². The maximum atomic E-state index is 14.2. The Bertz CT molecular complexity index is 1390. The van der Waals surface area contributed by atoms with Gasteiger partial charge in [0.1, 0.15) is 23.7 Å². The van der Waals surface area contributed by atoms with Crippen molar-refractivity contribution in [3.8, 4) is 5.75 Å². The van der Waals surface area contributed by atoms with Crippen LogP contribution >= 0.6 is 0 Å². The highest BCUT2D eigenvalue weighted by Gasteiger charge is 2.22. The minimum absolute atomic E-state index is 0.0334. The van der Waals surface area contributed by atoms with E-state index in [0.717, 1.165) is 48.1 Å². The SMILES string of the molecule is C1COCCN1.CC(=O)[C@H](C)NC(=O)c1cc(C(=O)NCc2ccc3c(c2)CC(=O)CO3)nc2c(F)cnn12. The second kappa shape index (κ2) is 12.5. The number of fused-ring (bicyclic) bond motifs is 2. The molecule has 0 spiro atoms. The van der Waals surface area contributed by atoms with Crippen LogP contribution in [0.3, 0.4) is 0 Å². The van der Waals surface area contributed by atoms with Gasteiger partial charge in [0.2, 0.25) is 0 Å². The zero-order valence-corrected chi connectivity index (χ0v) is 21.6. The molecule has 0 bridgehead atoms. The maximum Gasteiger partial charge on any atom is 0.270 e. The molecule has 2 amide bonds. The number of rotatable bonds is 6. The minimum Gasteiger partial charge on any atom is -0.486 e. The first-order chi connectivity index (χ1) is 18.7. The largest absolute Gasteiger partial charge is 0.486 e. The molecule has 13 heteroatoms. The second-order valence-electron chi connectivity index (χ2n) is 9.05. The van der Waals surface area contributed by atoms with Crippen LogP contribution in [0.25, 0.3) is 5.65 Å². The third-order valence-electron chi connectivity index (χ3n) is 6.05. The molecule has 0 saturated carbocycles. The number of nitrogens with one attached hydrogen (secondary N) is 3. The molecule has 0 unspecified atom stereocenters. The summed E-state index contributed by atoms with van der Waals surface area (Å²) in [6.07, 6.45) is 1.14. The molecule has 3 N–H and O–H groups in total. The number of ketones is 2. The van der Waals surface area contributed by atoms with E-state index in [1.54, 1.807) is 18.2 Å². The van der Waals surface area contributed by atoms with Crippen molar-refractivity contribution in [3.05, 3.63) is 58.8 Å². The Morgan fingerprint density at radius 1 is 1.18 bits per heavy atom. The lowest BCUT2D eigenvalue weighted by molar-refractivity contribution is -0.121. The van der Waals surface area contributed by atoms with Crippen molar-refractivity contribution in [1.29, 1.82) is 0 Å². The van der Waals surface area contributed by atoms with Gasteiger partial charge in [-0.05, 0) is 31.5 Å². The van der Waals surface area contributed by atoms with Crippen LogP contribution in [0.5, 0.6) is 5.75 Å². The lowest BCUT2D eigenvalue weighted by atomic mass is 10.0. The lowest BCUT2D eigenvalue weighted by Crippen LogP contribution is -2.38. The Hall–Kier alpha value is -4.23. The average molecular weight is 541 g/mol. The minimum atomic E-state index is -0.808. The Morgan fingerprint density at radius 2 is 1.95 bits per heavy atom. The molecule has 0 aliphatic carbocycles. The highest BCUT2D eigenvalue weighted by molar-refractivity contribution is 5.99. The molecule has 12 nitrogen and oxygen atoms in total.